The maximum absolute atomic E-state index is 9.56. The highest BCUT2D eigenvalue weighted by Crippen LogP contribution is 2.28. The third kappa shape index (κ3) is 3.95. The molecule has 0 aromatic rings. The molecule has 1 fully saturated rings. The maximum atomic E-state index is 9.56. The van der Waals surface area contributed by atoms with E-state index in [-0.39, 0.29) is 6.10 Å². The SMILES string of the molecule is C=C(C)C(O)CCC1CCCCC1. The summed E-state index contributed by atoms with van der Waals surface area (Å²) in [4.78, 5) is 0. The van der Waals surface area contributed by atoms with Crippen LogP contribution in [-0.4, -0.2) is 11.2 Å². The largest absolute Gasteiger partial charge is 0.389 e. The van der Waals surface area contributed by atoms with E-state index in [9.17, 15) is 5.11 Å². The Kier molecular flexibility index (Phi) is 4.51. The molecule has 0 spiro atoms. The van der Waals surface area contributed by atoms with Crippen LogP contribution in [0.25, 0.3) is 0 Å². The van der Waals surface area contributed by atoms with Crippen molar-refractivity contribution in [1.29, 1.82) is 0 Å². The van der Waals surface area contributed by atoms with Crippen LogP contribution in [0.3, 0.4) is 0 Å². The van der Waals surface area contributed by atoms with Gasteiger partial charge in [0.2, 0.25) is 0 Å². The van der Waals surface area contributed by atoms with E-state index in [1.165, 1.54) is 38.5 Å². The normalized spacial score (nSPS) is 21.4. The van der Waals surface area contributed by atoms with Crippen molar-refractivity contribution in [3.63, 3.8) is 0 Å². The average Bonchev–Trinajstić information content (AvgIpc) is 2.15. The van der Waals surface area contributed by atoms with Gasteiger partial charge in [-0.25, -0.2) is 0 Å². The summed E-state index contributed by atoms with van der Waals surface area (Å²) in [7, 11) is 0. The second kappa shape index (κ2) is 5.43. The van der Waals surface area contributed by atoms with Crippen molar-refractivity contribution in [2.75, 3.05) is 0 Å². The van der Waals surface area contributed by atoms with Crippen molar-refractivity contribution in [2.24, 2.45) is 5.92 Å². The lowest BCUT2D eigenvalue weighted by Crippen LogP contribution is -2.12. The lowest BCUT2D eigenvalue weighted by Gasteiger charge is -2.22. The molecule has 1 aliphatic rings. The summed E-state index contributed by atoms with van der Waals surface area (Å²) in [6, 6.07) is 0. The van der Waals surface area contributed by atoms with Gasteiger partial charge in [0.25, 0.3) is 0 Å². The highest BCUT2D eigenvalue weighted by Gasteiger charge is 2.15. The van der Waals surface area contributed by atoms with Crippen molar-refractivity contribution in [3.8, 4) is 0 Å². The van der Waals surface area contributed by atoms with Gasteiger partial charge in [-0.2, -0.15) is 0 Å². The second-order valence-corrected chi connectivity index (χ2v) is 4.44. The van der Waals surface area contributed by atoms with Gasteiger partial charge in [-0.05, 0) is 25.7 Å². The minimum atomic E-state index is -0.262. The molecule has 0 saturated heterocycles. The fourth-order valence-corrected chi connectivity index (χ4v) is 2.12. The number of aliphatic hydroxyl groups excluding tert-OH is 1. The maximum Gasteiger partial charge on any atom is 0.0744 e. The van der Waals surface area contributed by atoms with Crippen LogP contribution in [0.4, 0.5) is 0 Å². The molecule has 1 unspecified atom stereocenters. The lowest BCUT2D eigenvalue weighted by molar-refractivity contribution is 0.181. The summed E-state index contributed by atoms with van der Waals surface area (Å²) in [5.41, 5.74) is 0.913. The summed E-state index contributed by atoms with van der Waals surface area (Å²) >= 11 is 0. The molecule has 0 aromatic carbocycles. The third-order valence-electron chi connectivity index (χ3n) is 3.14. The standard InChI is InChI=1S/C12H22O/c1-10(2)12(13)9-8-11-6-4-3-5-7-11/h11-13H,1,3-9H2,2H3. The molecule has 0 radical (unpaired) electrons. The number of hydrogen-bond acceptors (Lipinski definition) is 1. The second-order valence-electron chi connectivity index (χ2n) is 4.44. The average molecular weight is 182 g/mol. The molecular formula is C12H22O. The Morgan fingerprint density at radius 2 is 2.00 bits per heavy atom. The van der Waals surface area contributed by atoms with Crippen LogP contribution in [0.2, 0.25) is 0 Å². The Morgan fingerprint density at radius 1 is 1.38 bits per heavy atom. The zero-order valence-electron chi connectivity index (χ0n) is 8.76. The van der Waals surface area contributed by atoms with Gasteiger partial charge >= 0.3 is 0 Å². The van der Waals surface area contributed by atoms with Gasteiger partial charge in [0.1, 0.15) is 0 Å². The smallest absolute Gasteiger partial charge is 0.0744 e. The van der Waals surface area contributed by atoms with Gasteiger partial charge in [0.15, 0.2) is 0 Å². The summed E-state index contributed by atoms with van der Waals surface area (Å²) < 4.78 is 0. The van der Waals surface area contributed by atoms with Gasteiger partial charge in [-0.1, -0.05) is 44.3 Å². The highest BCUT2D eigenvalue weighted by atomic mass is 16.3. The summed E-state index contributed by atoms with van der Waals surface area (Å²) in [6.07, 6.45) is 8.81. The molecule has 1 rings (SSSR count). The molecular weight excluding hydrogens is 160 g/mol. The third-order valence-corrected chi connectivity index (χ3v) is 3.14. The summed E-state index contributed by atoms with van der Waals surface area (Å²) in [6.45, 7) is 5.68. The quantitative estimate of drug-likeness (QED) is 0.661. The van der Waals surface area contributed by atoms with E-state index in [0.717, 1.165) is 17.9 Å². The molecule has 1 N–H and O–H groups in total. The molecule has 1 atom stereocenters. The molecule has 1 aliphatic carbocycles. The van der Waals surface area contributed by atoms with Gasteiger partial charge in [0, 0.05) is 0 Å². The predicted octanol–water partition coefficient (Wildman–Crippen LogP) is 3.28. The molecule has 0 bridgehead atoms. The van der Waals surface area contributed by atoms with Crippen LogP contribution >= 0.6 is 0 Å². The van der Waals surface area contributed by atoms with Gasteiger partial charge in [-0.3, -0.25) is 0 Å². The highest BCUT2D eigenvalue weighted by molar-refractivity contribution is 4.96. The first-order valence-corrected chi connectivity index (χ1v) is 5.53. The first kappa shape index (κ1) is 10.8. The van der Waals surface area contributed by atoms with Crippen molar-refractivity contribution in [3.05, 3.63) is 12.2 Å². The monoisotopic (exact) mass is 182 g/mol. The van der Waals surface area contributed by atoms with Crippen molar-refractivity contribution in [2.45, 2.75) is 58.0 Å². The van der Waals surface area contributed by atoms with Gasteiger partial charge in [-0.15, -0.1) is 0 Å². The Morgan fingerprint density at radius 3 is 2.54 bits per heavy atom. The van der Waals surface area contributed by atoms with E-state index in [0.29, 0.717) is 0 Å². The molecule has 0 aromatic heterocycles. The lowest BCUT2D eigenvalue weighted by atomic mass is 9.85. The number of hydrogen-bond donors (Lipinski definition) is 1. The van der Waals surface area contributed by atoms with Crippen LogP contribution in [-0.2, 0) is 0 Å². The first-order valence-electron chi connectivity index (χ1n) is 5.53. The number of aliphatic hydroxyl groups is 1. The van der Waals surface area contributed by atoms with Crippen LogP contribution in [0, 0.1) is 5.92 Å². The number of rotatable bonds is 4. The Bertz CT molecular complexity index is 157. The zero-order valence-corrected chi connectivity index (χ0v) is 8.76. The van der Waals surface area contributed by atoms with Crippen LogP contribution in [0.1, 0.15) is 51.9 Å². The Labute approximate surface area is 81.9 Å². The molecule has 1 nitrogen and oxygen atoms in total. The fraction of sp³-hybridized carbons (Fsp3) is 0.833. The minimum Gasteiger partial charge on any atom is -0.389 e. The van der Waals surface area contributed by atoms with E-state index in [4.69, 9.17) is 0 Å². The Balaban J connectivity index is 2.13. The zero-order chi connectivity index (χ0) is 9.68. The van der Waals surface area contributed by atoms with E-state index >= 15 is 0 Å². The first-order chi connectivity index (χ1) is 6.20. The van der Waals surface area contributed by atoms with E-state index in [1.807, 2.05) is 6.92 Å². The fourth-order valence-electron chi connectivity index (χ4n) is 2.12. The van der Waals surface area contributed by atoms with Crippen molar-refractivity contribution >= 4 is 0 Å². The van der Waals surface area contributed by atoms with Crippen LogP contribution in [0.5, 0.6) is 0 Å². The molecule has 76 valence electrons. The van der Waals surface area contributed by atoms with Crippen LogP contribution in [0.15, 0.2) is 12.2 Å². The molecule has 1 saturated carbocycles. The van der Waals surface area contributed by atoms with Gasteiger partial charge in [0.05, 0.1) is 6.10 Å². The molecule has 1 heteroatoms. The predicted molar refractivity (Wildman–Crippen MR) is 56.6 cm³/mol. The van der Waals surface area contributed by atoms with Crippen molar-refractivity contribution < 1.29 is 5.11 Å². The Hall–Kier alpha value is -0.300. The van der Waals surface area contributed by atoms with Gasteiger partial charge < -0.3 is 5.11 Å². The molecule has 0 heterocycles. The van der Waals surface area contributed by atoms with Crippen LogP contribution < -0.4 is 0 Å². The summed E-state index contributed by atoms with van der Waals surface area (Å²) in [5, 5.41) is 9.56. The summed E-state index contributed by atoms with van der Waals surface area (Å²) in [5.74, 6) is 0.878. The molecule has 0 aliphatic heterocycles. The topological polar surface area (TPSA) is 20.2 Å². The molecule has 0 amide bonds. The van der Waals surface area contributed by atoms with Crippen molar-refractivity contribution in [1.82, 2.24) is 0 Å². The molecule has 13 heavy (non-hydrogen) atoms. The van der Waals surface area contributed by atoms with E-state index < -0.39 is 0 Å². The van der Waals surface area contributed by atoms with E-state index in [1.54, 1.807) is 0 Å². The minimum absolute atomic E-state index is 0.262. The van der Waals surface area contributed by atoms with E-state index in [2.05, 4.69) is 6.58 Å².